The predicted octanol–water partition coefficient (Wildman–Crippen LogP) is 1.04. The van der Waals surface area contributed by atoms with Gasteiger partial charge < -0.3 is 5.73 Å². The van der Waals surface area contributed by atoms with Gasteiger partial charge in [0, 0.05) is 0 Å². The van der Waals surface area contributed by atoms with Gasteiger partial charge in [-0.25, -0.2) is 14.8 Å². The Morgan fingerprint density at radius 2 is 2.42 bits per heavy atom. The van der Waals surface area contributed by atoms with Gasteiger partial charge in [-0.1, -0.05) is 0 Å². The fourth-order valence-corrected chi connectivity index (χ4v) is 1.06. The standard InChI is InChI=1S/C6H7BrN4O/c1-3-5(11-6(8)12)9-2-4(7)10-3/h2H,1H3,(H3,8,9,11,12). The SMILES string of the molecule is Cc1nc(Br)cnc1NC(N)=O. The number of amides is 2. The van der Waals surface area contributed by atoms with Gasteiger partial charge in [-0.2, -0.15) is 0 Å². The molecular weight excluding hydrogens is 224 g/mol. The Bertz CT molecular complexity index is 314. The Hall–Kier alpha value is -1.17. The van der Waals surface area contributed by atoms with E-state index in [1.54, 1.807) is 6.92 Å². The number of hydrogen-bond acceptors (Lipinski definition) is 3. The van der Waals surface area contributed by atoms with Gasteiger partial charge in [0.25, 0.3) is 0 Å². The molecule has 6 heteroatoms. The largest absolute Gasteiger partial charge is 0.351 e. The molecule has 12 heavy (non-hydrogen) atoms. The molecule has 0 saturated carbocycles. The van der Waals surface area contributed by atoms with E-state index in [1.807, 2.05) is 0 Å². The van der Waals surface area contributed by atoms with Gasteiger partial charge in [0.05, 0.1) is 11.9 Å². The van der Waals surface area contributed by atoms with E-state index in [9.17, 15) is 4.79 Å². The van der Waals surface area contributed by atoms with Gasteiger partial charge in [0.1, 0.15) is 4.60 Å². The number of halogens is 1. The van der Waals surface area contributed by atoms with Crippen LogP contribution in [0.25, 0.3) is 0 Å². The molecule has 2 amide bonds. The fourth-order valence-electron chi connectivity index (χ4n) is 0.693. The molecule has 0 saturated heterocycles. The van der Waals surface area contributed by atoms with Crippen molar-refractivity contribution in [3.63, 3.8) is 0 Å². The second kappa shape index (κ2) is 3.48. The number of hydrogen-bond donors (Lipinski definition) is 2. The van der Waals surface area contributed by atoms with Crippen molar-refractivity contribution in [2.75, 3.05) is 5.32 Å². The van der Waals surface area contributed by atoms with Gasteiger partial charge in [0.2, 0.25) is 0 Å². The predicted molar refractivity (Wildman–Crippen MR) is 47.7 cm³/mol. The number of carbonyl (C=O) groups is 1. The number of urea groups is 1. The zero-order chi connectivity index (χ0) is 9.14. The number of aryl methyl sites for hydroxylation is 1. The van der Waals surface area contributed by atoms with Crippen molar-refractivity contribution in [1.82, 2.24) is 9.97 Å². The molecule has 0 aromatic carbocycles. The van der Waals surface area contributed by atoms with E-state index in [4.69, 9.17) is 5.73 Å². The van der Waals surface area contributed by atoms with Crippen molar-refractivity contribution in [1.29, 1.82) is 0 Å². The molecule has 0 unspecified atom stereocenters. The number of nitrogens with two attached hydrogens (primary N) is 1. The number of primary amides is 1. The molecule has 64 valence electrons. The summed E-state index contributed by atoms with van der Waals surface area (Å²) in [7, 11) is 0. The van der Waals surface area contributed by atoms with E-state index >= 15 is 0 Å². The van der Waals surface area contributed by atoms with Crippen LogP contribution in [0.2, 0.25) is 0 Å². The molecule has 0 fully saturated rings. The average Bonchev–Trinajstić information content (AvgIpc) is 1.94. The zero-order valence-corrected chi connectivity index (χ0v) is 7.92. The monoisotopic (exact) mass is 230 g/mol. The van der Waals surface area contributed by atoms with E-state index in [0.29, 0.717) is 16.1 Å². The Labute approximate surface area is 77.5 Å². The summed E-state index contributed by atoms with van der Waals surface area (Å²) in [6.45, 7) is 1.73. The highest BCUT2D eigenvalue weighted by molar-refractivity contribution is 9.10. The van der Waals surface area contributed by atoms with E-state index in [0.717, 1.165) is 0 Å². The van der Waals surface area contributed by atoms with Crippen molar-refractivity contribution < 1.29 is 4.79 Å². The lowest BCUT2D eigenvalue weighted by molar-refractivity contribution is 0.259. The van der Waals surface area contributed by atoms with Gasteiger partial charge in [0.15, 0.2) is 5.82 Å². The normalized spacial score (nSPS) is 9.50. The van der Waals surface area contributed by atoms with Crippen LogP contribution in [0.3, 0.4) is 0 Å². The Morgan fingerprint density at radius 1 is 1.75 bits per heavy atom. The third kappa shape index (κ3) is 2.16. The summed E-state index contributed by atoms with van der Waals surface area (Å²) in [6, 6.07) is -0.644. The lowest BCUT2D eigenvalue weighted by atomic mass is 10.4. The first-order valence-electron chi connectivity index (χ1n) is 3.15. The molecular formula is C6H7BrN4O. The number of carbonyl (C=O) groups excluding carboxylic acids is 1. The minimum Gasteiger partial charge on any atom is -0.351 e. The highest BCUT2D eigenvalue weighted by Crippen LogP contribution is 2.11. The molecule has 0 aliphatic rings. The van der Waals surface area contributed by atoms with E-state index in [1.165, 1.54) is 6.20 Å². The van der Waals surface area contributed by atoms with Crippen LogP contribution in [0.15, 0.2) is 10.8 Å². The van der Waals surface area contributed by atoms with Gasteiger partial charge in [-0.15, -0.1) is 0 Å². The van der Waals surface area contributed by atoms with E-state index in [2.05, 4.69) is 31.2 Å². The van der Waals surface area contributed by atoms with Crippen LogP contribution in [0.4, 0.5) is 10.6 Å². The molecule has 0 spiro atoms. The molecule has 0 atom stereocenters. The van der Waals surface area contributed by atoms with Crippen LogP contribution in [0, 0.1) is 6.92 Å². The minimum absolute atomic E-state index is 0.380. The minimum atomic E-state index is -0.644. The lowest BCUT2D eigenvalue weighted by Crippen LogP contribution is -2.20. The van der Waals surface area contributed by atoms with Crippen molar-refractivity contribution in [3.05, 3.63) is 16.5 Å². The highest BCUT2D eigenvalue weighted by atomic mass is 79.9. The molecule has 0 aliphatic carbocycles. The maximum absolute atomic E-state index is 10.4. The molecule has 1 rings (SSSR count). The first-order chi connectivity index (χ1) is 5.59. The van der Waals surface area contributed by atoms with Crippen molar-refractivity contribution in [2.45, 2.75) is 6.92 Å². The summed E-state index contributed by atoms with van der Waals surface area (Å²) >= 11 is 3.14. The van der Waals surface area contributed by atoms with Gasteiger partial charge >= 0.3 is 6.03 Å². The topological polar surface area (TPSA) is 80.9 Å². The van der Waals surface area contributed by atoms with Crippen LogP contribution in [-0.4, -0.2) is 16.0 Å². The molecule has 0 radical (unpaired) electrons. The highest BCUT2D eigenvalue weighted by Gasteiger charge is 2.02. The second-order valence-electron chi connectivity index (χ2n) is 2.12. The van der Waals surface area contributed by atoms with Crippen molar-refractivity contribution in [2.24, 2.45) is 5.73 Å². The zero-order valence-electron chi connectivity index (χ0n) is 6.34. The van der Waals surface area contributed by atoms with E-state index < -0.39 is 6.03 Å². The quantitative estimate of drug-likeness (QED) is 0.757. The maximum atomic E-state index is 10.4. The summed E-state index contributed by atoms with van der Waals surface area (Å²) in [5.41, 5.74) is 5.52. The molecule has 1 heterocycles. The maximum Gasteiger partial charge on any atom is 0.317 e. The smallest absolute Gasteiger partial charge is 0.317 e. The van der Waals surface area contributed by atoms with Crippen LogP contribution in [0.5, 0.6) is 0 Å². The molecule has 1 aromatic rings. The average molecular weight is 231 g/mol. The van der Waals surface area contributed by atoms with E-state index in [-0.39, 0.29) is 0 Å². The number of rotatable bonds is 1. The fraction of sp³-hybridized carbons (Fsp3) is 0.167. The summed E-state index contributed by atoms with van der Waals surface area (Å²) in [5.74, 6) is 0.380. The lowest BCUT2D eigenvalue weighted by Gasteiger charge is -2.02. The third-order valence-electron chi connectivity index (χ3n) is 1.16. The first kappa shape index (κ1) is 8.92. The van der Waals surface area contributed by atoms with Crippen LogP contribution in [0.1, 0.15) is 5.69 Å². The third-order valence-corrected chi connectivity index (χ3v) is 1.54. The van der Waals surface area contributed by atoms with Crippen LogP contribution >= 0.6 is 15.9 Å². The molecule has 0 bridgehead atoms. The number of nitrogens with one attached hydrogen (secondary N) is 1. The van der Waals surface area contributed by atoms with Gasteiger partial charge in [-0.3, -0.25) is 5.32 Å². The van der Waals surface area contributed by atoms with Crippen LogP contribution < -0.4 is 11.1 Å². The molecule has 5 nitrogen and oxygen atoms in total. The van der Waals surface area contributed by atoms with Crippen LogP contribution in [-0.2, 0) is 0 Å². The summed E-state index contributed by atoms with van der Waals surface area (Å²) in [5, 5.41) is 2.34. The Kier molecular flexibility index (Phi) is 2.59. The van der Waals surface area contributed by atoms with Crippen molar-refractivity contribution >= 4 is 27.8 Å². The summed E-state index contributed by atoms with van der Waals surface area (Å²) in [6.07, 6.45) is 1.48. The first-order valence-corrected chi connectivity index (χ1v) is 3.94. The van der Waals surface area contributed by atoms with Crippen molar-refractivity contribution in [3.8, 4) is 0 Å². The Morgan fingerprint density at radius 3 is 2.92 bits per heavy atom. The summed E-state index contributed by atoms with van der Waals surface area (Å²) in [4.78, 5) is 18.3. The molecule has 0 aliphatic heterocycles. The second-order valence-corrected chi connectivity index (χ2v) is 2.93. The Balaban J connectivity index is 2.93. The number of anilines is 1. The number of aromatic nitrogens is 2. The summed E-state index contributed by atoms with van der Waals surface area (Å²) < 4.78 is 0.620. The molecule has 1 aromatic heterocycles. The van der Waals surface area contributed by atoms with Gasteiger partial charge in [-0.05, 0) is 22.9 Å². The number of nitrogens with zero attached hydrogens (tertiary/aromatic N) is 2. The molecule has 3 N–H and O–H groups in total.